The fourth-order valence-corrected chi connectivity index (χ4v) is 1.91. The topological polar surface area (TPSA) is 34.8 Å². The largest absolute Gasteiger partial charge is 0.321 e. The van der Waals surface area contributed by atoms with Crippen molar-refractivity contribution in [2.75, 3.05) is 5.43 Å². The van der Waals surface area contributed by atoms with Crippen molar-refractivity contribution in [1.29, 1.82) is 0 Å². The molecule has 2 rings (SSSR count). The SMILES string of the molecule is Cc1ccc(C)n1NCc1cnn(C(C)(C)C)c1. The molecule has 0 amide bonds. The van der Waals surface area contributed by atoms with Crippen LogP contribution < -0.4 is 5.43 Å². The Morgan fingerprint density at radius 1 is 1.17 bits per heavy atom. The molecule has 2 aromatic rings. The molecule has 0 spiro atoms. The molecule has 98 valence electrons. The molecule has 0 aliphatic rings. The third kappa shape index (κ3) is 2.58. The maximum atomic E-state index is 4.40. The van der Waals surface area contributed by atoms with E-state index in [0.29, 0.717) is 0 Å². The van der Waals surface area contributed by atoms with Gasteiger partial charge in [0.15, 0.2) is 0 Å². The normalized spacial score (nSPS) is 11.8. The molecule has 18 heavy (non-hydrogen) atoms. The maximum absolute atomic E-state index is 4.40. The fourth-order valence-electron chi connectivity index (χ4n) is 1.91. The Balaban J connectivity index is 2.05. The van der Waals surface area contributed by atoms with Crippen molar-refractivity contribution >= 4 is 0 Å². The Morgan fingerprint density at radius 3 is 2.28 bits per heavy atom. The second-order valence-corrected chi connectivity index (χ2v) is 5.75. The van der Waals surface area contributed by atoms with Gasteiger partial charge in [0.05, 0.1) is 18.3 Å². The van der Waals surface area contributed by atoms with Crippen molar-refractivity contribution in [1.82, 2.24) is 14.5 Å². The van der Waals surface area contributed by atoms with Crippen LogP contribution in [-0.2, 0) is 12.1 Å². The Bertz CT molecular complexity index is 509. The first kappa shape index (κ1) is 12.7. The van der Waals surface area contributed by atoms with Gasteiger partial charge in [-0.15, -0.1) is 0 Å². The molecule has 1 N–H and O–H groups in total. The lowest BCUT2D eigenvalue weighted by atomic mass is 10.1. The summed E-state index contributed by atoms with van der Waals surface area (Å²) in [6, 6.07) is 4.22. The molecule has 0 fully saturated rings. The van der Waals surface area contributed by atoms with Crippen LogP contribution in [0.15, 0.2) is 24.5 Å². The zero-order valence-electron chi connectivity index (χ0n) is 11.9. The van der Waals surface area contributed by atoms with E-state index >= 15 is 0 Å². The van der Waals surface area contributed by atoms with Crippen LogP contribution in [0.2, 0.25) is 0 Å². The summed E-state index contributed by atoms with van der Waals surface area (Å²) in [4.78, 5) is 0. The van der Waals surface area contributed by atoms with Crippen molar-refractivity contribution in [3.8, 4) is 0 Å². The molecule has 0 radical (unpaired) electrons. The molecule has 0 saturated heterocycles. The van der Waals surface area contributed by atoms with E-state index in [-0.39, 0.29) is 5.54 Å². The van der Waals surface area contributed by atoms with Crippen molar-refractivity contribution < 1.29 is 0 Å². The van der Waals surface area contributed by atoms with Crippen LogP contribution in [0.5, 0.6) is 0 Å². The predicted molar refractivity (Wildman–Crippen MR) is 74.2 cm³/mol. The number of hydrogen-bond donors (Lipinski definition) is 1. The van der Waals surface area contributed by atoms with Gasteiger partial charge < -0.3 is 5.43 Å². The summed E-state index contributed by atoms with van der Waals surface area (Å²) in [6.07, 6.45) is 4.02. The molecule has 0 aromatic carbocycles. The van der Waals surface area contributed by atoms with Crippen molar-refractivity contribution in [2.24, 2.45) is 0 Å². The van der Waals surface area contributed by atoms with Gasteiger partial charge in [0, 0.05) is 23.1 Å². The van der Waals surface area contributed by atoms with Gasteiger partial charge in [-0.05, 0) is 46.8 Å². The Labute approximate surface area is 109 Å². The monoisotopic (exact) mass is 246 g/mol. The zero-order chi connectivity index (χ0) is 13.3. The van der Waals surface area contributed by atoms with Crippen molar-refractivity contribution in [3.05, 3.63) is 41.5 Å². The van der Waals surface area contributed by atoms with E-state index in [1.165, 1.54) is 17.0 Å². The van der Waals surface area contributed by atoms with Crippen LogP contribution in [0.1, 0.15) is 37.7 Å². The Kier molecular flexibility index (Phi) is 3.20. The summed E-state index contributed by atoms with van der Waals surface area (Å²) in [5.74, 6) is 0. The first-order valence-electron chi connectivity index (χ1n) is 6.31. The Morgan fingerprint density at radius 2 is 1.78 bits per heavy atom. The third-order valence-corrected chi connectivity index (χ3v) is 3.04. The number of nitrogens with one attached hydrogen (secondary N) is 1. The van der Waals surface area contributed by atoms with Gasteiger partial charge in [0.1, 0.15) is 0 Å². The highest BCUT2D eigenvalue weighted by atomic mass is 15.4. The molecule has 0 aliphatic heterocycles. The third-order valence-electron chi connectivity index (χ3n) is 3.04. The number of hydrogen-bond acceptors (Lipinski definition) is 2. The molecular weight excluding hydrogens is 224 g/mol. The highest BCUT2D eigenvalue weighted by Crippen LogP contribution is 2.13. The maximum Gasteiger partial charge on any atom is 0.0595 e. The molecule has 0 bridgehead atoms. The van der Waals surface area contributed by atoms with Gasteiger partial charge in [-0.3, -0.25) is 9.36 Å². The minimum absolute atomic E-state index is 0.0392. The smallest absolute Gasteiger partial charge is 0.0595 e. The zero-order valence-corrected chi connectivity index (χ0v) is 11.9. The summed E-state index contributed by atoms with van der Waals surface area (Å²) in [5, 5.41) is 4.40. The number of rotatable bonds is 3. The predicted octanol–water partition coefficient (Wildman–Crippen LogP) is 2.80. The van der Waals surface area contributed by atoms with Crippen LogP contribution in [-0.4, -0.2) is 14.5 Å². The lowest BCUT2D eigenvalue weighted by Crippen LogP contribution is -2.22. The van der Waals surface area contributed by atoms with Crippen molar-refractivity contribution in [3.63, 3.8) is 0 Å². The van der Waals surface area contributed by atoms with Crippen molar-refractivity contribution in [2.45, 2.75) is 46.7 Å². The molecule has 4 nitrogen and oxygen atoms in total. The molecule has 0 atom stereocenters. The van der Waals surface area contributed by atoms with Gasteiger partial charge in [-0.2, -0.15) is 5.10 Å². The highest BCUT2D eigenvalue weighted by Gasteiger charge is 2.13. The van der Waals surface area contributed by atoms with Crippen LogP contribution >= 0.6 is 0 Å². The summed E-state index contributed by atoms with van der Waals surface area (Å²) < 4.78 is 4.10. The molecule has 0 unspecified atom stereocenters. The fraction of sp³-hybridized carbons (Fsp3) is 0.500. The first-order chi connectivity index (χ1) is 8.38. The standard InChI is InChI=1S/C14H22N4/c1-11-6-7-12(2)18(11)16-9-13-8-15-17(10-13)14(3,4)5/h6-8,10,16H,9H2,1-5H3. The average molecular weight is 246 g/mol. The summed E-state index contributed by atoms with van der Waals surface area (Å²) in [5.41, 5.74) is 7.07. The van der Waals surface area contributed by atoms with E-state index in [2.05, 4.69) is 68.1 Å². The quantitative estimate of drug-likeness (QED) is 0.903. The molecule has 2 heterocycles. The summed E-state index contributed by atoms with van der Waals surface area (Å²) >= 11 is 0. The number of aryl methyl sites for hydroxylation is 2. The average Bonchev–Trinajstić information content (AvgIpc) is 2.84. The van der Waals surface area contributed by atoms with E-state index in [1.807, 2.05) is 10.9 Å². The minimum Gasteiger partial charge on any atom is -0.321 e. The van der Waals surface area contributed by atoms with Gasteiger partial charge in [0.25, 0.3) is 0 Å². The number of aromatic nitrogens is 3. The second-order valence-electron chi connectivity index (χ2n) is 5.75. The molecule has 4 heteroatoms. The van der Waals surface area contributed by atoms with Gasteiger partial charge in [-0.1, -0.05) is 0 Å². The first-order valence-corrected chi connectivity index (χ1v) is 6.31. The summed E-state index contributed by atoms with van der Waals surface area (Å²) in [7, 11) is 0. The molecule has 2 aromatic heterocycles. The molecule has 0 aliphatic carbocycles. The van der Waals surface area contributed by atoms with E-state index < -0.39 is 0 Å². The van der Waals surface area contributed by atoms with Crippen LogP contribution in [0.4, 0.5) is 0 Å². The van der Waals surface area contributed by atoms with Crippen LogP contribution in [0, 0.1) is 13.8 Å². The minimum atomic E-state index is 0.0392. The van der Waals surface area contributed by atoms with E-state index in [9.17, 15) is 0 Å². The van der Waals surface area contributed by atoms with E-state index in [4.69, 9.17) is 0 Å². The van der Waals surface area contributed by atoms with Gasteiger partial charge in [0.2, 0.25) is 0 Å². The summed E-state index contributed by atoms with van der Waals surface area (Å²) in [6.45, 7) is 11.4. The van der Waals surface area contributed by atoms with Crippen LogP contribution in [0.3, 0.4) is 0 Å². The lowest BCUT2D eigenvalue weighted by molar-refractivity contribution is 0.355. The Hall–Kier alpha value is -1.71. The highest BCUT2D eigenvalue weighted by molar-refractivity contribution is 5.16. The number of nitrogens with zero attached hydrogens (tertiary/aromatic N) is 3. The van der Waals surface area contributed by atoms with Gasteiger partial charge in [-0.25, -0.2) is 0 Å². The van der Waals surface area contributed by atoms with Crippen LogP contribution in [0.25, 0.3) is 0 Å². The lowest BCUT2D eigenvalue weighted by Gasteiger charge is -2.18. The molecular formula is C14H22N4. The second kappa shape index (κ2) is 4.52. The van der Waals surface area contributed by atoms with Gasteiger partial charge >= 0.3 is 0 Å². The van der Waals surface area contributed by atoms with E-state index in [0.717, 1.165) is 6.54 Å². The van der Waals surface area contributed by atoms with E-state index in [1.54, 1.807) is 0 Å². The molecule has 0 saturated carbocycles.